The Morgan fingerprint density at radius 2 is 2.15 bits per heavy atom. The molecule has 1 aromatic carbocycles. The van der Waals surface area contributed by atoms with Crippen molar-refractivity contribution in [2.75, 3.05) is 36.8 Å². The summed E-state index contributed by atoms with van der Waals surface area (Å²) in [5.74, 6) is 0.746. The van der Waals surface area contributed by atoms with Crippen molar-refractivity contribution < 1.29 is 9.53 Å². The number of carbonyl (C=O) groups is 1. The van der Waals surface area contributed by atoms with Gasteiger partial charge in [0.05, 0.1) is 12.3 Å². The Morgan fingerprint density at radius 1 is 1.45 bits per heavy atom. The molecule has 0 aliphatic heterocycles. The number of nitrogens with one attached hydrogen (secondary N) is 1. The molecule has 0 spiro atoms. The molecule has 0 aromatic heterocycles. The summed E-state index contributed by atoms with van der Waals surface area (Å²) in [6, 6.07) is 5.79. The fourth-order valence-corrected chi connectivity index (χ4v) is 2.31. The van der Waals surface area contributed by atoms with Gasteiger partial charge in [-0.2, -0.15) is 0 Å². The first-order chi connectivity index (χ1) is 9.54. The summed E-state index contributed by atoms with van der Waals surface area (Å²) in [5.41, 5.74) is 2.55. The SMILES string of the molecule is CCSC(=N)N(C=O)c1cc(N(C)C)ccc1COC. The molecule has 0 atom stereocenters. The summed E-state index contributed by atoms with van der Waals surface area (Å²) >= 11 is 1.32. The largest absolute Gasteiger partial charge is 0.380 e. The van der Waals surface area contributed by atoms with Crippen LogP contribution in [0.2, 0.25) is 0 Å². The van der Waals surface area contributed by atoms with Crippen LogP contribution in [0.1, 0.15) is 12.5 Å². The third kappa shape index (κ3) is 3.98. The number of methoxy groups -OCH3 is 1. The molecule has 0 saturated carbocycles. The highest BCUT2D eigenvalue weighted by Crippen LogP contribution is 2.28. The van der Waals surface area contributed by atoms with Crippen molar-refractivity contribution in [3.05, 3.63) is 23.8 Å². The van der Waals surface area contributed by atoms with Crippen LogP contribution in [-0.2, 0) is 16.1 Å². The number of hydrogen-bond acceptors (Lipinski definition) is 5. The number of amidine groups is 1. The first kappa shape index (κ1) is 16.5. The number of thioether (sulfide) groups is 1. The number of anilines is 2. The highest BCUT2D eigenvalue weighted by Gasteiger charge is 2.16. The lowest BCUT2D eigenvalue weighted by Gasteiger charge is -2.23. The van der Waals surface area contributed by atoms with Crippen molar-refractivity contribution >= 4 is 34.7 Å². The number of nitrogens with zero attached hydrogens (tertiary/aromatic N) is 2. The average Bonchev–Trinajstić information content (AvgIpc) is 2.41. The van der Waals surface area contributed by atoms with Crippen molar-refractivity contribution in [2.24, 2.45) is 0 Å². The lowest BCUT2D eigenvalue weighted by Crippen LogP contribution is -2.27. The molecule has 0 fully saturated rings. The topological polar surface area (TPSA) is 56.6 Å². The quantitative estimate of drug-likeness (QED) is 0.498. The summed E-state index contributed by atoms with van der Waals surface area (Å²) < 4.78 is 5.17. The summed E-state index contributed by atoms with van der Waals surface area (Å²) in [6.45, 7) is 2.35. The summed E-state index contributed by atoms with van der Waals surface area (Å²) in [5, 5.41) is 8.21. The van der Waals surface area contributed by atoms with E-state index in [0.717, 1.165) is 17.0 Å². The molecule has 0 unspecified atom stereocenters. The first-order valence-electron chi connectivity index (χ1n) is 6.30. The van der Waals surface area contributed by atoms with E-state index in [9.17, 15) is 4.79 Å². The number of benzene rings is 1. The van der Waals surface area contributed by atoms with Gasteiger partial charge in [0.15, 0.2) is 5.17 Å². The molecule has 1 amide bonds. The minimum absolute atomic E-state index is 0.218. The third-order valence-electron chi connectivity index (χ3n) is 2.75. The minimum Gasteiger partial charge on any atom is -0.380 e. The van der Waals surface area contributed by atoms with Gasteiger partial charge in [-0.25, -0.2) is 0 Å². The standard InChI is InChI=1S/C14H21N3O2S/c1-5-20-14(15)17(10-18)13-8-12(16(2)3)7-6-11(13)9-19-4/h6-8,10,15H,5,9H2,1-4H3. The van der Waals surface area contributed by atoms with Gasteiger partial charge in [-0.05, 0) is 17.9 Å². The monoisotopic (exact) mass is 295 g/mol. The maximum absolute atomic E-state index is 11.4. The normalized spacial score (nSPS) is 10.2. The predicted octanol–water partition coefficient (Wildman–Crippen LogP) is 2.55. The maximum Gasteiger partial charge on any atom is 0.220 e. The number of ether oxygens (including phenoxy) is 1. The van der Waals surface area contributed by atoms with Gasteiger partial charge in [-0.3, -0.25) is 15.1 Å². The van der Waals surface area contributed by atoms with E-state index < -0.39 is 0 Å². The zero-order chi connectivity index (χ0) is 15.1. The lowest BCUT2D eigenvalue weighted by molar-refractivity contribution is -0.106. The molecule has 5 nitrogen and oxygen atoms in total. The molecule has 0 heterocycles. The second kappa shape index (κ2) is 7.91. The van der Waals surface area contributed by atoms with Crippen molar-refractivity contribution in [1.29, 1.82) is 5.41 Å². The second-order valence-corrected chi connectivity index (χ2v) is 5.61. The number of amides is 1. The van der Waals surface area contributed by atoms with E-state index in [1.54, 1.807) is 7.11 Å². The fraction of sp³-hybridized carbons (Fsp3) is 0.429. The summed E-state index contributed by atoms with van der Waals surface area (Å²) in [4.78, 5) is 14.7. The van der Waals surface area contributed by atoms with Gasteiger partial charge >= 0.3 is 0 Å². The maximum atomic E-state index is 11.4. The molecule has 1 aromatic rings. The van der Waals surface area contributed by atoms with Crippen molar-refractivity contribution in [3.63, 3.8) is 0 Å². The highest BCUT2D eigenvalue weighted by molar-refractivity contribution is 8.14. The van der Waals surface area contributed by atoms with Crippen LogP contribution < -0.4 is 9.80 Å². The smallest absolute Gasteiger partial charge is 0.220 e. The van der Waals surface area contributed by atoms with E-state index in [4.69, 9.17) is 10.1 Å². The molecule has 20 heavy (non-hydrogen) atoms. The Morgan fingerprint density at radius 3 is 2.65 bits per heavy atom. The van der Waals surface area contributed by atoms with Crippen LogP contribution >= 0.6 is 11.8 Å². The fourth-order valence-electron chi connectivity index (χ4n) is 1.75. The summed E-state index contributed by atoms with van der Waals surface area (Å²) in [7, 11) is 5.49. The van der Waals surface area contributed by atoms with E-state index in [1.807, 2.05) is 44.1 Å². The van der Waals surface area contributed by atoms with Crippen LogP contribution in [0.5, 0.6) is 0 Å². The van der Waals surface area contributed by atoms with E-state index in [0.29, 0.717) is 18.7 Å². The van der Waals surface area contributed by atoms with Crippen molar-refractivity contribution in [1.82, 2.24) is 0 Å². The molecule has 0 bridgehead atoms. The van der Waals surface area contributed by atoms with Crippen LogP contribution in [0.15, 0.2) is 18.2 Å². The number of carbonyl (C=O) groups excluding carboxylic acids is 1. The third-order valence-corrected chi connectivity index (χ3v) is 3.51. The Bertz CT molecular complexity index is 477. The molecule has 0 aliphatic rings. The van der Waals surface area contributed by atoms with Crippen LogP contribution in [0.25, 0.3) is 0 Å². The molecule has 0 aliphatic carbocycles. The molecular weight excluding hydrogens is 274 g/mol. The van der Waals surface area contributed by atoms with E-state index >= 15 is 0 Å². The van der Waals surface area contributed by atoms with E-state index in [2.05, 4.69) is 0 Å². The molecule has 0 saturated heterocycles. The van der Waals surface area contributed by atoms with E-state index in [-0.39, 0.29) is 5.17 Å². The van der Waals surface area contributed by atoms with Gasteiger partial charge in [0.25, 0.3) is 0 Å². The number of rotatable bonds is 6. The highest BCUT2D eigenvalue weighted by atomic mass is 32.2. The van der Waals surface area contributed by atoms with Crippen LogP contribution in [-0.4, -0.2) is 38.5 Å². The Labute approximate surface area is 124 Å². The second-order valence-electron chi connectivity index (χ2n) is 4.35. The average molecular weight is 295 g/mol. The Kier molecular flexibility index (Phi) is 6.54. The first-order valence-corrected chi connectivity index (χ1v) is 7.28. The van der Waals surface area contributed by atoms with Gasteiger partial charge in [-0.15, -0.1) is 0 Å². The van der Waals surface area contributed by atoms with Gasteiger partial charge in [0.2, 0.25) is 6.41 Å². The van der Waals surface area contributed by atoms with Crippen LogP contribution in [0, 0.1) is 5.41 Å². The van der Waals surface area contributed by atoms with Gasteiger partial charge in [0.1, 0.15) is 0 Å². The molecule has 1 rings (SSSR count). The Hall–Kier alpha value is -1.53. The zero-order valence-electron chi connectivity index (χ0n) is 12.3. The Balaban J connectivity index is 3.24. The molecule has 1 N–H and O–H groups in total. The van der Waals surface area contributed by atoms with E-state index in [1.165, 1.54) is 16.7 Å². The zero-order valence-corrected chi connectivity index (χ0v) is 13.2. The lowest BCUT2D eigenvalue weighted by atomic mass is 10.1. The van der Waals surface area contributed by atoms with Crippen LogP contribution in [0.3, 0.4) is 0 Å². The van der Waals surface area contributed by atoms with Gasteiger partial charge < -0.3 is 9.64 Å². The number of hydrogen-bond donors (Lipinski definition) is 1. The van der Waals surface area contributed by atoms with Gasteiger partial charge in [-0.1, -0.05) is 24.8 Å². The molecule has 110 valence electrons. The van der Waals surface area contributed by atoms with Gasteiger partial charge in [0, 0.05) is 32.5 Å². The molecule has 0 radical (unpaired) electrons. The predicted molar refractivity (Wildman–Crippen MR) is 85.9 cm³/mol. The van der Waals surface area contributed by atoms with Crippen LogP contribution in [0.4, 0.5) is 11.4 Å². The minimum atomic E-state index is 0.218. The summed E-state index contributed by atoms with van der Waals surface area (Å²) in [6.07, 6.45) is 0.679. The van der Waals surface area contributed by atoms with Crippen molar-refractivity contribution in [2.45, 2.75) is 13.5 Å². The molecule has 6 heteroatoms. The van der Waals surface area contributed by atoms with Crippen molar-refractivity contribution in [3.8, 4) is 0 Å². The molecular formula is C14H21N3O2S.